The molecule has 1 aliphatic rings. The van der Waals surface area contributed by atoms with E-state index in [1.54, 1.807) is 12.1 Å². The molecule has 166 valence electrons. The van der Waals surface area contributed by atoms with Crippen LogP contribution in [0.2, 0.25) is 0 Å². The molecule has 1 N–H and O–H groups in total. The Hall–Kier alpha value is -1.88. The fraction of sp³-hybridized carbons (Fsp3) is 0.524. The summed E-state index contributed by atoms with van der Waals surface area (Å²) >= 11 is 0. The molecule has 1 aromatic carbocycles. The lowest BCUT2D eigenvalue weighted by atomic mass is 10.3. The third kappa shape index (κ3) is 7.42. The average molecular weight is 531 g/mol. The quantitative estimate of drug-likeness (QED) is 0.336. The minimum atomic E-state index is -0.301. The van der Waals surface area contributed by atoms with E-state index in [9.17, 15) is 4.39 Å². The van der Waals surface area contributed by atoms with Gasteiger partial charge < -0.3 is 19.5 Å². The standard InChI is InChI=1S/C21H30FN5O2.HI/c1-4-23-21(24-14-17(3)28-20-7-5-6-18(22)13-20)27-10-8-26(9-11-27)15-19-12-16(2)29-25-19;/h5-7,12-13,17H,4,8-11,14-15H2,1-3H3,(H,23,24);1H. The number of hydrogen-bond donors (Lipinski definition) is 1. The van der Waals surface area contributed by atoms with Crippen LogP contribution in [0.4, 0.5) is 4.39 Å². The molecule has 0 spiro atoms. The number of nitrogens with one attached hydrogen (secondary N) is 1. The largest absolute Gasteiger partial charge is 0.489 e. The number of aromatic nitrogens is 1. The van der Waals surface area contributed by atoms with Crippen molar-refractivity contribution in [1.29, 1.82) is 0 Å². The van der Waals surface area contributed by atoms with Gasteiger partial charge in [-0.3, -0.25) is 4.90 Å². The first-order valence-corrected chi connectivity index (χ1v) is 10.1. The second-order valence-electron chi connectivity index (χ2n) is 7.27. The number of aliphatic imine (C=N–C) groups is 1. The van der Waals surface area contributed by atoms with Gasteiger partial charge in [-0.25, -0.2) is 9.38 Å². The molecule has 30 heavy (non-hydrogen) atoms. The van der Waals surface area contributed by atoms with Gasteiger partial charge in [-0.15, -0.1) is 24.0 Å². The van der Waals surface area contributed by atoms with E-state index >= 15 is 0 Å². The Labute approximate surface area is 194 Å². The molecular formula is C21H31FIN5O2. The molecule has 3 rings (SSSR count). The van der Waals surface area contributed by atoms with Gasteiger partial charge in [0.2, 0.25) is 0 Å². The Kier molecular flexibility index (Phi) is 9.83. The maximum absolute atomic E-state index is 13.3. The summed E-state index contributed by atoms with van der Waals surface area (Å²) in [6.45, 7) is 11.7. The first-order chi connectivity index (χ1) is 14.0. The Morgan fingerprint density at radius 3 is 2.70 bits per heavy atom. The summed E-state index contributed by atoms with van der Waals surface area (Å²) in [6.07, 6.45) is -0.151. The van der Waals surface area contributed by atoms with Crippen molar-refractivity contribution in [1.82, 2.24) is 20.3 Å². The zero-order valence-corrected chi connectivity index (χ0v) is 20.1. The lowest BCUT2D eigenvalue weighted by Gasteiger charge is -2.36. The molecule has 0 saturated carbocycles. The predicted molar refractivity (Wildman–Crippen MR) is 126 cm³/mol. The van der Waals surface area contributed by atoms with Crippen molar-refractivity contribution in [3.8, 4) is 5.75 Å². The van der Waals surface area contributed by atoms with E-state index in [4.69, 9.17) is 14.3 Å². The van der Waals surface area contributed by atoms with Crippen LogP contribution in [-0.2, 0) is 6.54 Å². The fourth-order valence-corrected chi connectivity index (χ4v) is 3.29. The van der Waals surface area contributed by atoms with Gasteiger partial charge in [-0.05, 0) is 32.9 Å². The summed E-state index contributed by atoms with van der Waals surface area (Å²) in [5, 5.41) is 7.44. The maximum Gasteiger partial charge on any atom is 0.194 e. The second-order valence-corrected chi connectivity index (χ2v) is 7.27. The molecule has 2 heterocycles. The second kappa shape index (κ2) is 12.1. The van der Waals surface area contributed by atoms with Gasteiger partial charge in [0.25, 0.3) is 0 Å². The van der Waals surface area contributed by atoms with Crippen LogP contribution in [0.15, 0.2) is 39.8 Å². The molecule has 0 bridgehead atoms. The lowest BCUT2D eigenvalue weighted by molar-refractivity contribution is 0.168. The first kappa shape index (κ1) is 24.4. The maximum atomic E-state index is 13.3. The molecule has 7 nitrogen and oxygen atoms in total. The van der Waals surface area contributed by atoms with Gasteiger partial charge in [-0.2, -0.15) is 0 Å². The molecule has 0 amide bonds. The molecule has 0 radical (unpaired) electrons. The molecule has 2 aromatic rings. The van der Waals surface area contributed by atoms with E-state index in [0.29, 0.717) is 12.3 Å². The van der Waals surface area contributed by atoms with Gasteiger partial charge in [0, 0.05) is 51.4 Å². The number of nitrogens with zero attached hydrogens (tertiary/aromatic N) is 4. The Morgan fingerprint density at radius 2 is 2.07 bits per heavy atom. The van der Waals surface area contributed by atoms with Crippen molar-refractivity contribution in [2.45, 2.75) is 33.4 Å². The van der Waals surface area contributed by atoms with Crippen LogP contribution >= 0.6 is 24.0 Å². The third-order valence-electron chi connectivity index (χ3n) is 4.70. The molecule has 0 aliphatic carbocycles. The Balaban J connectivity index is 0.00000320. The lowest BCUT2D eigenvalue weighted by Crippen LogP contribution is -2.52. The van der Waals surface area contributed by atoms with Crippen LogP contribution in [0.5, 0.6) is 5.75 Å². The van der Waals surface area contributed by atoms with Crippen LogP contribution in [0.3, 0.4) is 0 Å². The van der Waals surface area contributed by atoms with Gasteiger partial charge in [0.05, 0.1) is 12.2 Å². The summed E-state index contributed by atoms with van der Waals surface area (Å²) in [6, 6.07) is 8.18. The van der Waals surface area contributed by atoms with Crippen LogP contribution in [0, 0.1) is 12.7 Å². The minimum absolute atomic E-state index is 0. The van der Waals surface area contributed by atoms with Crippen molar-refractivity contribution in [3.63, 3.8) is 0 Å². The average Bonchev–Trinajstić information content (AvgIpc) is 3.10. The Morgan fingerprint density at radius 1 is 1.30 bits per heavy atom. The van der Waals surface area contributed by atoms with Crippen LogP contribution < -0.4 is 10.1 Å². The summed E-state index contributed by atoms with van der Waals surface area (Å²) in [4.78, 5) is 9.37. The highest BCUT2D eigenvalue weighted by Crippen LogP contribution is 2.14. The van der Waals surface area contributed by atoms with Crippen molar-refractivity contribution in [2.24, 2.45) is 4.99 Å². The SMILES string of the molecule is CCNC(=NCC(C)Oc1cccc(F)c1)N1CCN(Cc2cc(C)on2)CC1.I. The number of hydrogen-bond acceptors (Lipinski definition) is 5. The van der Waals surface area contributed by atoms with Crippen molar-refractivity contribution < 1.29 is 13.7 Å². The fourth-order valence-electron chi connectivity index (χ4n) is 3.29. The van der Waals surface area contributed by atoms with E-state index in [1.807, 2.05) is 19.9 Å². The van der Waals surface area contributed by atoms with Crippen LogP contribution in [0.25, 0.3) is 0 Å². The van der Waals surface area contributed by atoms with Gasteiger partial charge in [-0.1, -0.05) is 11.2 Å². The number of rotatable bonds is 7. The molecule has 1 fully saturated rings. The van der Waals surface area contributed by atoms with E-state index in [2.05, 4.69) is 27.2 Å². The highest BCUT2D eigenvalue weighted by atomic mass is 127. The van der Waals surface area contributed by atoms with Gasteiger partial charge >= 0.3 is 0 Å². The van der Waals surface area contributed by atoms with Crippen molar-refractivity contribution in [2.75, 3.05) is 39.3 Å². The van der Waals surface area contributed by atoms with Gasteiger partial charge in [0.1, 0.15) is 23.4 Å². The topological polar surface area (TPSA) is 66.1 Å². The predicted octanol–water partition coefficient (Wildman–Crippen LogP) is 3.29. The normalized spacial score (nSPS) is 16.1. The number of aryl methyl sites for hydroxylation is 1. The summed E-state index contributed by atoms with van der Waals surface area (Å²) in [5.74, 6) is 1.95. The minimum Gasteiger partial charge on any atom is -0.489 e. The zero-order valence-electron chi connectivity index (χ0n) is 17.8. The molecule has 1 aliphatic heterocycles. The molecule has 9 heteroatoms. The highest BCUT2D eigenvalue weighted by molar-refractivity contribution is 14.0. The molecule has 1 aromatic heterocycles. The first-order valence-electron chi connectivity index (χ1n) is 10.1. The monoisotopic (exact) mass is 531 g/mol. The van der Waals surface area contributed by atoms with Crippen molar-refractivity contribution in [3.05, 3.63) is 47.6 Å². The van der Waals surface area contributed by atoms with Gasteiger partial charge in [0.15, 0.2) is 5.96 Å². The van der Waals surface area contributed by atoms with Crippen molar-refractivity contribution >= 4 is 29.9 Å². The third-order valence-corrected chi connectivity index (χ3v) is 4.70. The summed E-state index contributed by atoms with van der Waals surface area (Å²) in [5.41, 5.74) is 0.972. The highest BCUT2D eigenvalue weighted by Gasteiger charge is 2.20. The summed E-state index contributed by atoms with van der Waals surface area (Å²) in [7, 11) is 0. The zero-order chi connectivity index (χ0) is 20.6. The van der Waals surface area contributed by atoms with E-state index in [0.717, 1.165) is 56.7 Å². The van der Waals surface area contributed by atoms with Crippen LogP contribution in [0.1, 0.15) is 25.3 Å². The Bertz CT molecular complexity index is 808. The number of piperazine rings is 1. The molecule has 1 atom stereocenters. The number of guanidine groups is 1. The van der Waals surface area contributed by atoms with Crippen LogP contribution in [-0.4, -0.2) is 66.3 Å². The number of halogens is 2. The van der Waals surface area contributed by atoms with E-state index in [-0.39, 0.29) is 35.9 Å². The smallest absolute Gasteiger partial charge is 0.194 e. The molecule has 1 unspecified atom stereocenters. The van der Waals surface area contributed by atoms with E-state index < -0.39 is 0 Å². The summed E-state index contributed by atoms with van der Waals surface area (Å²) < 4.78 is 24.2. The number of ether oxygens (including phenoxy) is 1. The molecule has 1 saturated heterocycles. The number of benzene rings is 1. The van der Waals surface area contributed by atoms with E-state index in [1.165, 1.54) is 12.1 Å². The molecular weight excluding hydrogens is 500 g/mol.